The van der Waals surface area contributed by atoms with Gasteiger partial charge >= 0.3 is 23.9 Å². The summed E-state index contributed by atoms with van der Waals surface area (Å²) in [5.41, 5.74) is 2.92. The van der Waals surface area contributed by atoms with E-state index in [1.165, 1.54) is 13.8 Å². The number of nitrogens with two attached hydrogens (primary N) is 1. The fourth-order valence-corrected chi connectivity index (χ4v) is 1.94. The Balaban J connectivity index is 3.26. The molecule has 0 aliphatic carbocycles. The third-order valence-electron chi connectivity index (χ3n) is 3.25. The van der Waals surface area contributed by atoms with Crippen molar-refractivity contribution >= 4 is 5.97 Å². The summed E-state index contributed by atoms with van der Waals surface area (Å²) in [4.78, 5) is 11.0. The fourth-order valence-electron chi connectivity index (χ4n) is 1.94. The molecule has 1 rings (SSSR count). The monoisotopic (exact) mass is 359 g/mol. The Morgan fingerprint density at radius 2 is 1.54 bits per heavy atom. The Morgan fingerprint density at radius 3 is 1.92 bits per heavy atom. The summed E-state index contributed by atoms with van der Waals surface area (Å²) >= 11 is 0. The highest BCUT2D eigenvalue weighted by Crippen LogP contribution is 2.48. The van der Waals surface area contributed by atoms with Crippen molar-refractivity contribution in [3.8, 4) is 5.75 Å². The van der Waals surface area contributed by atoms with Gasteiger partial charge in [0.05, 0.1) is 7.11 Å². The van der Waals surface area contributed by atoms with Gasteiger partial charge in [0.2, 0.25) is 0 Å². The normalized spacial score (nSPS) is 14.9. The molecule has 0 aliphatic heterocycles. The number of hydrogen-bond donors (Lipinski definition) is 1. The Labute approximate surface area is 133 Å². The third kappa shape index (κ3) is 3.58. The number of ether oxygens (including phenoxy) is 2. The molecule has 0 bridgehead atoms. The fraction of sp³-hybridized carbons (Fsp3) is 0.500. The van der Waals surface area contributed by atoms with Crippen LogP contribution in [0.2, 0.25) is 0 Å². The number of carbonyl (C=O) groups is 1. The Bertz CT molecular complexity index is 604. The van der Waals surface area contributed by atoms with Crippen LogP contribution in [0.4, 0.5) is 26.3 Å². The van der Waals surface area contributed by atoms with Gasteiger partial charge in [-0.1, -0.05) is 0 Å². The van der Waals surface area contributed by atoms with Gasteiger partial charge < -0.3 is 9.47 Å². The average molecular weight is 359 g/mol. The lowest BCUT2D eigenvalue weighted by atomic mass is 9.95. The van der Waals surface area contributed by atoms with Gasteiger partial charge in [-0.2, -0.15) is 22.0 Å². The molecule has 1 aromatic rings. The molecule has 24 heavy (non-hydrogen) atoms. The number of carbonyl (C=O) groups excluding carboxylic acids is 1. The molecule has 4 nitrogen and oxygen atoms in total. The van der Waals surface area contributed by atoms with E-state index in [4.69, 9.17) is 4.74 Å². The maximum atomic E-state index is 14.0. The first-order valence-corrected chi connectivity index (χ1v) is 6.49. The van der Waals surface area contributed by atoms with Crippen molar-refractivity contribution in [3.05, 3.63) is 28.8 Å². The minimum absolute atomic E-state index is 0.00608. The van der Waals surface area contributed by atoms with Gasteiger partial charge in [-0.05, 0) is 37.1 Å². The van der Waals surface area contributed by atoms with Gasteiger partial charge in [0.1, 0.15) is 5.75 Å². The van der Waals surface area contributed by atoms with Crippen molar-refractivity contribution in [1.29, 1.82) is 0 Å². The maximum Gasteiger partial charge on any atom is 0.442 e. The minimum atomic E-state index is -5.97. The van der Waals surface area contributed by atoms with Crippen molar-refractivity contribution < 1.29 is 40.6 Å². The number of aryl methyl sites for hydroxylation is 2. The van der Waals surface area contributed by atoms with E-state index in [0.29, 0.717) is 12.1 Å². The lowest BCUT2D eigenvalue weighted by molar-refractivity contribution is -0.305. The van der Waals surface area contributed by atoms with Crippen LogP contribution in [0.25, 0.3) is 0 Å². The third-order valence-corrected chi connectivity index (χ3v) is 3.25. The number of hydrogen-bond acceptors (Lipinski definition) is 4. The number of rotatable bonds is 5. The number of halogens is 6. The Kier molecular flexibility index (Phi) is 5.44. The Hall–Kier alpha value is -1.97. The molecule has 0 radical (unpaired) electrons. The van der Waals surface area contributed by atoms with Gasteiger partial charge in [0.25, 0.3) is 0 Å². The molecular weight excluding hydrogens is 344 g/mol. The van der Waals surface area contributed by atoms with Crippen LogP contribution in [0.1, 0.15) is 16.7 Å². The standard InChI is InChI=1S/C14H15F6NO3/c1-7-4-9(12(15,16)13(17,21)14(18,19)20)5-8(2)11(7)24-6-10(22)23-3/h4-5H,6,21H2,1-3H3. The smallest absolute Gasteiger partial charge is 0.442 e. The SMILES string of the molecule is COC(=O)COc1c(C)cc(C(F)(F)C(N)(F)C(F)(F)F)cc1C. The molecule has 0 saturated heterocycles. The molecule has 1 unspecified atom stereocenters. The van der Waals surface area contributed by atoms with Crippen LogP contribution >= 0.6 is 0 Å². The molecule has 0 aromatic heterocycles. The summed E-state index contributed by atoms with van der Waals surface area (Å²) in [6.45, 7) is 1.98. The highest BCUT2D eigenvalue weighted by Gasteiger charge is 2.69. The average Bonchev–Trinajstić information content (AvgIpc) is 2.44. The summed E-state index contributed by atoms with van der Waals surface area (Å²) in [6, 6.07) is 1.24. The summed E-state index contributed by atoms with van der Waals surface area (Å²) in [5, 5.41) is 0. The topological polar surface area (TPSA) is 61.5 Å². The van der Waals surface area contributed by atoms with Gasteiger partial charge in [-0.25, -0.2) is 9.18 Å². The second-order valence-electron chi connectivity index (χ2n) is 5.09. The molecule has 0 aliphatic rings. The van der Waals surface area contributed by atoms with Crippen LogP contribution in [0.15, 0.2) is 12.1 Å². The largest absolute Gasteiger partial charge is 0.481 e. The van der Waals surface area contributed by atoms with Gasteiger partial charge in [-0.3, -0.25) is 5.73 Å². The highest BCUT2D eigenvalue weighted by molar-refractivity contribution is 5.71. The molecule has 1 aromatic carbocycles. The quantitative estimate of drug-likeness (QED) is 0.499. The van der Waals surface area contributed by atoms with Crippen molar-refractivity contribution in [2.45, 2.75) is 31.7 Å². The van der Waals surface area contributed by atoms with Gasteiger partial charge in [0, 0.05) is 5.56 Å². The molecule has 0 spiro atoms. The molecule has 136 valence electrons. The van der Waals surface area contributed by atoms with Crippen molar-refractivity contribution in [2.75, 3.05) is 13.7 Å². The Morgan fingerprint density at radius 1 is 1.08 bits per heavy atom. The zero-order valence-electron chi connectivity index (χ0n) is 12.9. The lowest BCUT2D eigenvalue weighted by Gasteiger charge is -2.32. The number of benzene rings is 1. The second-order valence-corrected chi connectivity index (χ2v) is 5.09. The van der Waals surface area contributed by atoms with Crippen LogP contribution in [0.5, 0.6) is 5.75 Å². The van der Waals surface area contributed by atoms with E-state index in [1.807, 2.05) is 0 Å². The molecule has 0 fully saturated rings. The number of methoxy groups -OCH3 is 1. The van der Waals surface area contributed by atoms with Crippen molar-refractivity contribution in [2.24, 2.45) is 5.73 Å². The van der Waals surface area contributed by atoms with E-state index in [1.54, 1.807) is 0 Å². The van der Waals surface area contributed by atoms with E-state index in [2.05, 4.69) is 10.5 Å². The highest BCUT2D eigenvalue weighted by atomic mass is 19.4. The van der Waals surface area contributed by atoms with E-state index in [-0.39, 0.29) is 16.9 Å². The zero-order chi connectivity index (χ0) is 18.9. The minimum Gasteiger partial charge on any atom is -0.481 e. The van der Waals surface area contributed by atoms with E-state index in [0.717, 1.165) is 7.11 Å². The van der Waals surface area contributed by atoms with Crippen molar-refractivity contribution in [1.82, 2.24) is 0 Å². The maximum absolute atomic E-state index is 14.0. The molecule has 0 heterocycles. The lowest BCUT2D eigenvalue weighted by Crippen LogP contribution is -2.60. The first-order chi connectivity index (χ1) is 10.8. The van der Waals surface area contributed by atoms with Crippen molar-refractivity contribution in [3.63, 3.8) is 0 Å². The zero-order valence-corrected chi connectivity index (χ0v) is 12.9. The van der Waals surface area contributed by atoms with Crippen LogP contribution in [-0.4, -0.2) is 31.7 Å². The van der Waals surface area contributed by atoms with Gasteiger partial charge in [-0.15, -0.1) is 0 Å². The van der Waals surface area contributed by atoms with Gasteiger partial charge in [0.15, 0.2) is 6.61 Å². The van der Waals surface area contributed by atoms with E-state index in [9.17, 15) is 31.1 Å². The summed E-state index contributed by atoms with van der Waals surface area (Å²) in [6.07, 6.45) is -5.97. The molecule has 10 heteroatoms. The summed E-state index contributed by atoms with van der Waals surface area (Å²) in [5.74, 6) is -11.0. The molecular formula is C14H15F6NO3. The van der Waals surface area contributed by atoms with Crippen LogP contribution in [0, 0.1) is 13.8 Å². The first kappa shape index (κ1) is 20.1. The molecule has 0 saturated carbocycles. The first-order valence-electron chi connectivity index (χ1n) is 6.49. The molecule has 1 atom stereocenters. The predicted molar refractivity (Wildman–Crippen MR) is 71.4 cm³/mol. The molecule has 0 amide bonds. The number of esters is 1. The number of alkyl halides is 6. The summed E-state index contributed by atoms with van der Waals surface area (Å²) < 4.78 is 88.3. The van der Waals surface area contributed by atoms with Crippen LogP contribution in [0.3, 0.4) is 0 Å². The predicted octanol–water partition coefficient (Wildman–Crippen LogP) is 3.13. The molecule has 2 N–H and O–H groups in total. The summed E-state index contributed by atoms with van der Waals surface area (Å²) in [7, 11) is 1.11. The second kappa shape index (κ2) is 6.50. The van der Waals surface area contributed by atoms with Crippen LogP contribution < -0.4 is 10.5 Å². The van der Waals surface area contributed by atoms with E-state index >= 15 is 0 Å². The van der Waals surface area contributed by atoms with E-state index < -0.39 is 36.0 Å². The van der Waals surface area contributed by atoms with Crippen LogP contribution in [-0.2, 0) is 15.5 Å².